The Morgan fingerprint density at radius 3 is 2.32 bits per heavy atom. The molecule has 0 radical (unpaired) electrons. The number of nitrogens with one attached hydrogen (secondary N) is 2. The zero-order valence-electron chi connectivity index (χ0n) is 21.1. The molecule has 2 heterocycles. The fraction of sp³-hybridized carbons (Fsp3) is 0.360. The zero-order chi connectivity index (χ0) is 27.5. The van der Waals surface area contributed by atoms with E-state index >= 15 is 0 Å². The number of carbonyl (C=O) groups is 3. The van der Waals surface area contributed by atoms with Crippen LogP contribution in [-0.2, 0) is 16.4 Å². The Morgan fingerprint density at radius 1 is 1.14 bits per heavy atom. The number of sulfone groups is 1. The van der Waals surface area contributed by atoms with Crippen molar-refractivity contribution in [2.24, 2.45) is 11.7 Å². The van der Waals surface area contributed by atoms with Gasteiger partial charge in [-0.3, -0.25) is 18.8 Å². The van der Waals surface area contributed by atoms with E-state index in [9.17, 15) is 27.9 Å². The van der Waals surface area contributed by atoms with Crippen LogP contribution in [0.15, 0.2) is 41.4 Å². The van der Waals surface area contributed by atoms with E-state index in [-0.39, 0.29) is 46.4 Å². The SMILES string of the molecule is Cc1nc2c(C(=O)NCc3ccc(S(C)(=O)=O)cc3)cc(C(N)=O)cn2c1C(=O)N[C@H](CO)CC(C)C. The van der Waals surface area contributed by atoms with Gasteiger partial charge in [0.2, 0.25) is 5.91 Å². The monoisotopic (exact) mass is 529 g/mol. The number of nitrogens with two attached hydrogens (primary N) is 1. The highest BCUT2D eigenvalue weighted by molar-refractivity contribution is 7.90. The standard InChI is InChI=1S/C25H31N5O6S/c1-14(2)9-18(13-31)29-25(34)21-15(3)28-23-20(10-17(22(26)32)12-30(21)23)24(33)27-11-16-5-7-19(8-6-16)37(4,35)36/h5-8,10,12,14,18,31H,9,11,13H2,1-4H3,(H2,26,32)(H,27,33)(H,29,34)/t18-/m0/s1. The van der Waals surface area contributed by atoms with Crippen molar-refractivity contribution in [3.05, 3.63) is 64.6 Å². The quantitative estimate of drug-likeness (QED) is 0.305. The van der Waals surface area contributed by atoms with E-state index in [1.165, 1.54) is 28.8 Å². The van der Waals surface area contributed by atoms with E-state index in [1.807, 2.05) is 13.8 Å². The van der Waals surface area contributed by atoms with E-state index in [4.69, 9.17) is 5.73 Å². The van der Waals surface area contributed by atoms with E-state index < -0.39 is 33.6 Å². The van der Waals surface area contributed by atoms with E-state index in [0.29, 0.717) is 17.7 Å². The zero-order valence-corrected chi connectivity index (χ0v) is 21.9. The Bertz CT molecular complexity index is 1440. The minimum atomic E-state index is -3.34. The highest BCUT2D eigenvalue weighted by Crippen LogP contribution is 2.20. The fourth-order valence-electron chi connectivity index (χ4n) is 3.97. The smallest absolute Gasteiger partial charge is 0.270 e. The number of aryl methyl sites for hydroxylation is 1. The van der Waals surface area contributed by atoms with Crippen LogP contribution in [-0.4, -0.2) is 59.5 Å². The molecule has 5 N–H and O–H groups in total. The Hall–Kier alpha value is -3.77. The van der Waals surface area contributed by atoms with Crippen molar-refractivity contribution in [3.8, 4) is 0 Å². The van der Waals surface area contributed by atoms with Gasteiger partial charge in [0.05, 0.1) is 34.4 Å². The number of nitrogens with zero attached hydrogens (tertiary/aromatic N) is 2. The number of aliphatic hydroxyl groups excluding tert-OH is 1. The average Bonchev–Trinajstić information content (AvgIpc) is 3.16. The van der Waals surface area contributed by atoms with Gasteiger partial charge in [-0.1, -0.05) is 26.0 Å². The summed E-state index contributed by atoms with van der Waals surface area (Å²) in [7, 11) is -3.34. The average molecular weight is 530 g/mol. The van der Waals surface area contributed by atoms with Gasteiger partial charge in [-0.15, -0.1) is 0 Å². The molecule has 0 fully saturated rings. The maximum atomic E-state index is 13.1. The van der Waals surface area contributed by atoms with Crippen molar-refractivity contribution in [3.63, 3.8) is 0 Å². The van der Waals surface area contributed by atoms with Gasteiger partial charge in [0.15, 0.2) is 15.5 Å². The molecule has 0 unspecified atom stereocenters. The summed E-state index contributed by atoms with van der Waals surface area (Å²) in [5.74, 6) is -1.63. The first-order chi connectivity index (χ1) is 17.3. The third kappa shape index (κ3) is 6.52. The van der Waals surface area contributed by atoms with E-state index in [1.54, 1.807) is 19.1 Å². The van der Waals surface area contributed by atoms with Crippen LogP contribution in [0.5, 0.6) is 0 Å². The summed E-state index contributed by atoms with van der Waals surface area (Å²) in [6.45, 7) is 5.38. The van der Waals surface area contributed by atoms with Crippen LogP contribution in [0.2, 0.25) is 0 Å². The first kappa shape index (κ1) is 27.8. The van der Waals surface area contributed by atoms with Crippen molar-refractivity contribution in [2.75, 3.05) is 12.9 Å². The van der Waals surface area contributed by atoms with E-state index in [2.05, 4.69) is 15.6 Å². The molecule has 2 aromatic heterocycles. The van der Waals surface area contributed by atoms with Crippen molar-refractivity contribution in [1.29, 1.82) is 0 Å². The number of amides is 3. The molecule has 0 saturated heterocycles. The summed E-state index contributed by atoms with van der Waals surface area (Å²) < 4.78 is 24.7. The third-order valence-electron chi connectivity index (χ3n) is 5.75. The largest absolute Gasteiger partial charge is 0.394 e. The molecule has 198 valence electrons. The molecule has 12 heteroatoms. The Kier molecular flexibility index (Phi) is 8.34. The van der Waals surface area contributed by atoms with Gasteiger partial charge in [-0.25, -0.2) is 13.4 Å². The lowest BCUT2D eigenvalue weighted by Gasteiger charge is -2.18. The molecular formula is C25H31N5O6S. The highest BCUT2D eigenvalue weighted by Gasteiger charge is 2.24. The molecule has 37 heavy (non-hydrogen) atoms. The molecule has 11 nitrogen and oxygen atoms in total. The maximum Gasteiger partial charge on any atom is 0.270 e. The summed E-state index contributed by atoms with van der Waals surface area (Å²) in [6.07, 6.45) is 3.02. The number of hydrogen-bond donors (Lipinski definition) is 4. The van der Waals surface area contributed by atoms with Gasteiger partial charge in [0, 0.05) is 19.0 Å². The molecule has 0 aliphatic carbocycles. The summed E-state index contributed by atoms with van der Waals surface area (Å²) in [5.41, 5.74) is 6.78. The van der Waals surface area contributed by atoms with Crippen LogP contribution in [0, 0.1) is 12.8 Å². The summed E-state index contributed by atoms with van der Waals surface area (Å²) in [5, 5.41) is 15.2. The summed E-state index contributed by atoms with van der Waals surface area (Å²) >= 11 is 0. The van der Waals surface area contributed by atoms with Gasteiger partial charge in [0.1, 0.15) is 5.69 Å². The molecular weight excluding hydrogens is 498 g/mol. The van der Waals surface area contributed by atoms with Crippen molar-refractivity contribution >= 4 is 33.2 Å². The van der Waals surface area contributed by atoms with Gasteiger partial charge < -0.3 is 21.5 Å². The molecule has 3 rings (SSSR count). The van der Waals surface area contributed by atoms with Crippen molar-refractivity contribution in [2.45, 2.75) is 44.7 Å². The predicted molar refractivity (Wildman–Crippen MR) is 137 cm³/mol. The lowest BCUT2D eigenvalue weighted by molar-refractivity contribution is 0.0898. The Morgan fingerprint density at radius 2 is 1.78 bits per heavy atom. The minimum Gasteiger partial charge on any atom is -0.394 e. The molecule has 0 aliphatic heterocycles. The number of aromatic nitrogens is 2. The van der Waals surface area contributed by atoms with E-state index in [0.717, 1.165) is 6.26 Å². The number of rotatable bonds is 10. The molecule has 0 saturated carbocycles. The maximum absolute atomic E-state index is 13.1. The van der Waals surface area contributed by atoms with Crippen LogP contribution in [0.3, 0.4) is 0 Å². The Labute approximate surface area is 215 Å². The second kappa shape index (κ2) is 11.1. The number of pyridine rings is 1. The van der Waals surface area contributed by atoms with Crippen molar-refractivity contribution in [1.82, 2.24) is 20.0 Å². The van der Waals surface area contributed by atoms with Gasteiger partial charge in [-0.2, -0.15) is 0 Å². The van der Waals surface area contributed by atoms with Gasteiger partial charge in [0.25, 0.3) is 11.8 Å². The number of imidazole rings is 1. The van der Waals surface area contributed by atoms with Crippen LogP contribution < -0.4 is 16.4 Å². The van der Waals surface area contributed by atoms with Crippen molar-refractivity contribution < 1.29 is 27.9 Å². The molecule has 0 spiro atoms. The fourth-order valence-corrected chi connectivity index (χ4v) is 4.60. The molecule has 1 aromatic carbocycles. The first-order valence-electron chi connectivity index (χ1n) is 11.6. The van der Waals surface area contributed by atoms with Crippen LogP contribution >= 0.6 is 0 Å². The minimum absolute atomic E-state index is 0.00231. The molecule has 3 aromatic rings. The number of benzene rings is 1. The van der Waals surface area contributed by atoms with Gasteiger partial charge >= 0.3 is 0 Å². The lowest BCUT2D eigenvalue weighted by Crippen LogP contribution is -2.39. The Balaban J connectivity index is 1.94. The number of primary amides is 1. The number of carbonyl (C=O) groups excluding carboxylic acids is 3. The molecule has 0 bridgehead atoms. The first-order valence-corrected chi connectivity index (χ1v) is 13.5. The molecule has 1 atom stereocenters. The summed E-state index contributed by atoms with van der Waals surface area (Å²) in [4.78, 5) is 42.8. The lowest BCUT2D eigenvalue weighted by atomic mass is 10.0. The number of aliphatic hydroxyl groups is 1. The van der Waals surface area contributed by atoms with Crippen LogP contribution in [0.4, 0.5) is 0 Å². The normalized spacial score (nSPS) is 12.5. The molecule has 0 aliphatic rings. The summed E-state index contributed by atoms with van der Waals surface area (Å²) in [6, 6.07) is 6.90. The second-order valence-corrected chi connectivity index (χ2v) is 11.3. The topological polar surface area (TPSA) is 173 Å². The molecule has 3 amide bonds. The second-order valence-electron chi connectivity index (χ2n) is 9.33. The predicted octanol–water partition coefficient (Wildman–Crippen LogP) is 1.21. The van der Waals surface area contributed by atoms with Crippen LogP contribution in [0.25, 0.3) is 5.65 Å². The van der Waals surface area contributed by atoms with Crippen LogP contribution in [0.1, 0.15) is 62.7 Å². The third-order valence-corrected chi connectivity index (χ3v) is 6.88. The highest BCUT2D eigenvalue weighted by atomic mass is 32.2. The van der Waals surface area contributed by atoms with Gasteiger partial charge in [-0.05, 0) is 43.0 Å². The number of fused-ring (bicyclic) bond motifs is 1. The number of hydrogen-bond acceptors (Lipinski definition) is 7.